The standard InChI is InChI=1S/C21H19FN8O.H3O4P/c22-8-17(13-4-7-29(10-13)21-28-16-2-1-5-24-20(16)31-21)30-11-14(9-27-30)18-15-3-6-23-19(15)26-12-25-18;1-5(2,3)4/h1-3,5-6,9,11-13,17H,4,7-8,10H2,(H,23,25,26);(H3,1,2,3,4)/t13-,17?;/m1./s1. The van der Waals surface area contributed by atoms with Crippen LogP contribution in [0.3, 0.4) is 0 Å². The van der Waals surface area contributed by atoms with Gasteiger partial charge in [-0.25, -0.2) is 23.9 Å². The number of nitrogens with one attached hydrogen (secondary N) is 1. The topological polar surface area (TPSA) is 179 Å². The molecular weight excluding hydrogens is 494 g/mol. The average Bonchev–Trinajstić information content (AvgIpc) is 3.64. The molecule has 0 aromatic carbocycles. The highest BCUT2D eigenvalue weighted by molar-refractivity contribution is 7.45. The molecule has 1 unspecified atom stereocenters. The maximum atomic E-state index is 14.1. The van der Waals surface area contributed by atoms with E-state index >= 15 is 0 Å². The Morgan fingerprint density at radius 3 is 2.86 bits per heavy atom. The summed E-state index contributed by atoms with van der Waals surface area (Å²) in [7, 11) is -4.64. The van der Waals surface area contributed by atoms with Crippen LogP contribution in [0.2, 0.25) is 0 Å². The molecule has 2 atom stereocenters. The number of fused-ring (bicyclic) bond motifs is 2. The van der Waals surface area contributed by atoms with E-state index in [0.717, 1.165) is 40.8 Å². The highest BCUT2D eigenvalue weighted by atomic mass is 31.2. The van der Waals surface area contributed by atoms with Crippen molar-refractivity contribution in [3.63, 3.8) is 0 Å². The van der Waals surface area contributed by atoms with Gasteiger partial charge in [-0.2, -0.15) is 10.1 Å². The molecule has 0 radical (unpaired) electrons. The van der Waals surface area contributed by atoms with Crippen molar-refractivity contribution in [2.24, 2.45) is 5.92 Å². The lowest BCUT2D eigenvalue weighted by Crippen LogP contribution is -2.26. The Kier molecular flexibility index (Phi) is 6.49. The van der Waals surface area contributed by atoms with Crippen molar-refractivity contribution in [1.82, 2.24) is 34.7 Å². The van der Waals surface area contributed by atoms with Gasteiger partial charge in [0.2, 0.25) is 5.71 Å². The number of aromatic amines is 1. The van der Waals surface area contributed by atoms with E-state index in [1.54, 1.807) is 17.1 Å². The molecule has 1 aliphatic rings. The lowest BCUT2D eigenvalue weighted by Gasteiger charge is -2.21. The van der Waals surface area contributed by atoms with Crippen LogP contribution in [0, 0.1) is 5.92 Å². The minimum Gasteiger partial charge on any atom is -0.404 e. The Bertz CT molecular complexity index is 1490. The first-order valence-corrected chi connectivity index (χ1v) is 12.5. The number of hydrogen-bond acceptors (Lipinski definition) is 8. The molecule has 1 saturated heterocycles. The van der Waals surface area contributed by atoms with Crippen molar-refractivity contribution in [2.45, 2.75) is 12.5 Å². The molecule has 36 heavy (non-hydrogen) atoms. The van der Waals surface area contributed by atoms with E-state index in [2.05, 4.69) is 30.0 Å². The molecule has 1 fully saturated rings. The number of anilines is 1. The summed E-state index contributed by atoms with van der Waals surface area (Å²) in [6, 6.07) is 5.79. The highest BCUT2D eigenvalue weighted by Crippen LogP contribution is 2.33. The largest absolute Gasteiger partial charge is 0.466 e. The van der Waals surface area contributed by atoms with E-state index in [1.165, 1.54) is 6.33 Å². The number of halogens is 1. The third kappa shape index (κ3) is 5.11. The van der Waals surface area contributed by atoms with Crippen LogP contribution >= 0.6 is 7.82 Å². The highest BCUT2D eigenvalue weighted by Gasteiger charge is 2.33. The summed E-state index contributed by atoms with van der Waals surface area (Å²) >= 11 is 0. The van der Waals surface area contributed by atoms with Crippen LogP contribution < -0.4 is 4.90 Å². The van der Waals surface area contributed by atoms with Crippen molar-refractivity contribution < 1.29 is 28.1 Å². The maximum absolute atomic E-state index is 14.1. The molecule has 5 aromatic rings. The number of phosphoric acid groups is 1. The Hall–Kier alpha value is -3.71. The van der Waals surface area contributed by atoms with Gasteiger partial charge in [-0.1, -0.05) is 0 Å². The second-order valence-electron chi connectivity index (χ2n) is 8.23. The first-order chi connectivity index (χ1) is 17.3. The van der Waals surface area contributed by atoms with Gasteiger partial charge in [-0.15, -0.1) is 0 Å². The summed E-state index contributed by atoms with van der Waals surface area (Å²) in [6.07, 6.45) is 9.44. The van der Waals surface area contributed by atoms with Crippen molar-refractivity contribution in [1.29, 1.82) is 0 Å². The number of hydrogen-bond donors (Lipinski definition) is 4. The number of aromatic nitrogens is 7. The first-order valence-electron chi connectivity index (χ1n) is 10.9. The SMILES string of the molecule is FCC([C@@H]1CCN(c2nc3cccnc3o2)C1)n1cc(-c2ncnc3[nH]ccc23)cn1.O=P(O)(O)O. The first kappa shape index (κ1) is 24.0. The van der Waals surface area contributed by atoms with Crippen LogP contribution in [-0.4, -0.2) is 69.1 Å². The molecule has 0 bridgehead atoms. The zero-order valence-corrected chi connectivity index (χ0v) is 19.6. The fraction of sp³-hybridized carbons (Fsp3) is 0.286. The predicted octanol–water partition coefficient (Wildman–Crippen LogP) is 2.47. The number of nitrogens with zero attached hydrogens (tertiary/aromatic N) is 7. The van der Waals surface area contributed by atoms with E-state index < -0.39 is 14.5 Å². The summed E-state index contributed by atoms with van der Waals surface area (Å²) in [6.45, 7) is 0.891. The van der Waals surface area contributed by atoms with E-state index in [9.17, 15) is 4.39 Å². The fourth-order valence-corrected chi connectivity index (χ4v) is 4.33. The van der Waals surface area contributed by atoms with Crippen molar-refractivity contribution in [2.75, 3.05) is 24.7 Å². The summed E-state index contributed by atoms with van der Waals surface area (Å²) in [5, 5.41) is 5.38. The Morgan fingerprint density at radius 1 is 1.25 bits per heavy atom. The van der Waals surface area contributed by atoms with Crippen LogP contribution in [0.1, 0.15) is 12.5 Å². The zero-order valence-electron chi connectivity index (χ0n) is 18.7. The van der Waals surface area contributed by atoms with Crippen molar-refractivity contribution in [3.8, 4) is 11.3 Å². The van der Waals surface area contributed by atoms with Gasteiger partial charge in [0.05, 0.1) is 17.9 Å². The maximum Gasteiger partial charge on any atom is 0.466 e. The summed E-state index contributed by atoms with van der Waals surface area (Å²) in [5.41, 5.74) is 3.62. The molecule has 0 saturated carbocycles. The minimum absolute atomic E-state index is 0.0819. The van der Waals surface area contributed by atoms with Crippen LogP contribution in [0.25, 0.3) is 33.5 Å². The lowest BCUT2D eigenvalue weighted by atomic mass is 10.0. The summed E-state index contributed by atoms with van der Waals surface area (Å²) in [4.78, 5) is 44.0. The molecule has 188 valence electrons. The minimum atomic E-state index is -4.64. The number of H-pyrrole nitrogens is 1. The second kappa shape index (κ2) is 9.74. The molecule has 15 heteroatoms. The smallest absolute Gasteiger partial charge is 0.404 e. The Morgan fingerprint density at radius 2 is 2.08 bits per heavy atom. The quantitative estimate of drug-likeness (QED) is 0.252. The van der Waals surface area contributed by atoms with Gasteiger partial charge in [0.25, 0.3) is 6.01 Å². The Balaban J connectivity index is 0.000000489. The monoisotopic (exact) mass is 516 g/mol. The van der Waals surface area contributed by atoms with Gasteiger partial charge in [-0.05, 0) is 24.6 Å². The lowest BCUT2D eigenvalue weighted by molar-refractivity contribution is 0.256. The molecule has 4 N–H and O–H groups in total. The van der Waals surface area contributed by atoms with Gasteiger partial charge in [-0.3, -0.25) is 4.68 Å². The zero-order chi connectivity index (χ0) is 25.3. The number of pyridine rings is 1. The summed E-state index contributed by atoms with van der Waals surface area (Å²) in [5.74, 6) is 0.0819. The molecule has 5 aromatic heterocycles. The van der Waals surface area contributed by atoms with Gasteiger partial charge in [0, 0.05) is 48.5 Å². The molecule has 0 spiro atoms. The van der Waals surface area contributed by atoms with Crippen molar-refractivity contribution in [3.05, 3.63) is 49.3 Å². The normalized spacial score (nSPS) is 16.9. The number of rotatable bonds is 5. The molecule has 0 aliphatic carbocycles. The van der Waals surface area contributed by atoms with E-state index in [4.69, 9.17) is 23.7 Å². The molecule has 1 aliphatic heterocycles. The molecule has 6 rings (SSSR count). The molecule has 6 heterocycles. The third-order valence-electron chi connectivity index (χ3n) is 5.92. The number of alkyl halides is 1. The van der Waals surface area contributed by atoms with E-state index in [-0.39, 0.29) is 12.0 Å². The van der Waals surface area contributed by atoms with Crippen LogP contribution in [0.4, 0.5) is 10.4 Å². The molecule has 13 nitrogen and oxygen atoms in total. The number of oxazole rings is 1. The van der Waals surface area contributed by atoms with Gasteiger partial charge in [0.15, 0.2) is 0 Å². The van der Waals surface area contributed by atoms with Gasteiger partial charge < -0.3 is 29.0 Å². The Labute approximate surface area is 202 Å². The van der Waals surface area contributed by atoms with Crippen LogP contribution in [0.15, 0.2) is 53.7 Å². The predicted molar refractivity (Wildman–Crippen MR) is 127 cm³/mol. The van der Waals surface area contributed by atoms with Crippen LogP contribution in [0.5, 0.6) is 0 Å². The van der Waals surface area contributed by atoms with Crippen LogP contribution in [-0.2, 0) is 4.57 Å². The van der Waals surface area contributed by atoms with E-state index in [1.807, 2.05) is 35.5 Å². The van der Waals surface area contributed by atoms with Gasteiger partial charge >= 0.3 is 7.82 Å². The van der Waals surface area contributed by atoms with Crippen molar-refractivity contribution >= 4 is 36.1 Å². The molecular formula is C21H22FN8O5P. The van der Waals surface area contributed by atoms with Gasteiger partial charge in [0.1, 0.15) is 24.2 Å². The fourth-order valence-electron chi connectivity index (χ4n) is 4.33. The molecule has 0 amide bonds. The third-order valence-corrected chi connectivity index (χ3v) is 5.92. The second-order valence-corrected chi connectivity index (χ2v) is 9.25. The average molecular weight is 516 g/mol. The summed E-state index contributed by atoms with van der Waals surface area (Å²) < 4.78 is 30.5. The van der Waals surface area contributed by atoms with E-state index in [0.29, 0.717) is 18.3 Å².